The highest BCUT2D eigenvalue weighted by molar-refractivity contribution is 9.10. The van der Waals surface area contributed by atoms with Crippen LogP contribution in [0.1, 0.15) is 17.2 Å². The van der Waals surface area contributed by atoms with Crippen LogP contribution in [0, 0.1) is 0 Å². The summed E-state index contributed by atoms with van der Waals surface area (Å²) in [5.41, 5.74) is 4.64. The van der Waals surface area contributed by atoms with Crippen molar-refractivity contribution in [2.45, 2.75) is 6.04 Å². The molecule has 0 aliphatic carbocycles. The molecule has 20 heavy (non-hydrogen) atoms. The molecule has 0 radical (unpaired) electrons. The third-order valence-electron chi connectivity index (χ3n) is 2.90. The number of hydrogen-bond acceptors (Lipinski definition) is 5. The van der Waals surface area contributed by atoms with Crippen LogP contribution in [0.4, 0.5) is 0 Å². The van der Waals surface area contributed by atoms with Gasteiger partial charge < -0.3 is 13.9 Å². The highest BCUT2D eigenvalue weighted by Gasteiger charge is 2.20. The maximum Gasteiger partial charge on any atom is 0.174 e. The second-order valence-electron chi connectivity index (χ2n) is 4.13. The lowest BCUT2D eigenvalue weighted by molar-refractivity contribution is 0.145. The molecule has 3 N–H and O–H groups in total. The van der Waals surface area contributed by atoms with Crippen LogP contribution in [-0.4, -0.2) is 20.3 Å². The Kier molecular flexibility index (Phi) is 5.60. The van der Waals surface area contributed by atoms with E-state index in [2.05, 4.69) is 21.4 Å². The highest BCUT2D eigenvalue weighted by atomic mass is 79.9. The lowest BCUT2D eigenvalue weighted by atomic mass is 10.0. The topological polar surface area (TPSA) is 69.7 Å². The first kappa shape index (κ1) is 15.1. The van der Waals surface area contributed by atoms with Gasteiger partial charge in [-0.25, -0.2) is 5.43 Å². The highest BCUT2D eigenvalue weighted by Crippen LogP contribution is 2.33. The van der Waals surface area contributed by atoms with E-state index < -0.39 is 0 Å². The molecule has 0 amide bonds. The van der Waals surface area contributed by atoms with Gasteiger partial charge >= 0.3 is 0 Å². The molecule has 2 aromatic rings. The average Bonchev–Trinajstić information content (AvgIpc) is 2.88. The van der Waals surface area contributed by atoms with Crippen LogP contribution in [0.25, 0.3) is 0 Å². The number of benzene rings is 1. The van der Waals surface area contributed by atoms with E-state index in [0.29, 0.717) is 17.9 Å². The number of nitrogens with one attached hydrogen (secondary N) is 1. The van der Waals surface area contributed by atoms with E-state index in [4.69, 9.17) is 19.7 Å². The molecule has 1 aromatic carbocycles. The molecule has 0 spiro atoms. The van der Waals surface area contributed by atoms with Gasteiger partial charge in [0.2, 0.25) is 0 Å². The van der Waals surface area contributed by atoms with Crippen LogP contribution < -0.4 is 16.0 Å². The molecule has 0 saturated carbocycles. The summed E-state index contributed by atoms with van der Waals surface area (Å²) in [4.78, 5) is 0. The molecule has 1 atom stereocenters. The molecule has 1 unspecified atom stereocenters. The minimum atomic E-state index is -0.220. The molecule has 108 valence electrons. The van der Waals surface area contributed by atoms with Gasteiger partial charge in [0.05, 0.1) is 18.9 Å². The number of nitrogens with two attached hydrogens (primary N) is 1. The molecular weight excluding hydrogens is 324 g/mol. The van der Waals surface area contributed by atoms with E-state index in [1.807, 2.05) is 30.3 Å². The molecular formula is C14H17BrN2O3. The summed E-state index contributed by atoms with van der Waals surface area (Å²) in [5, 5.41) is 0. The van der Waals surface area contributed by atoms with Crippen LogP contribution >= 0.6 is 15.9 Å². The normalized spacial score (nSPS) is 12.3. The minimum Gasteiger partial charge on any atom is -0.491 e. The van der Waals surface area contributed by atoms with Crippen LogP contribution in [0.3, 0.4) is 0 Å². The van der Waals surface area contributed by atoms with Gasteiger partial charge in [-0.15, -0.1) is 0 Å². The summed E-state index contributed by atoms with van der Waals surface area (Å²) in [6.07, 6.45) is 1.61. The maximum absolute atomic E-state index is 5.73. The molecule has 0 fully saturated rings. The molecule has 1 heterocycles. The van der Waals surface area contributed by atoms with E-state index in [1.165, 1.54) is 0 Å². The van der Waals surface area contributed by atoms with Crippen molar-refractivity contribution in [2.75, 3.05) is 20.3 Å². The number of ether oxygens (including phenoxy) is 2. The van der Waals surface area contributed by atoms with Crippen LogP contribution in [0.15, 0.2) is 45.7 Å². The largest absolute Gasteiger partial charge is 0.491 e. The summed E-state index contributed by atoms with van der Waals surface area (Å²) in [6.45, 7) is 1.02. The van der Waals surface area contributed by atoms with Gasteiger partial charge in [-0.1, -0.05) is 18.2 Å². The monoisotopic (exact) mass is 340 g/mol. The van der Waals surface area contributed by atoms with Crippen molar-refractivity contribution in [1.29, 1.82) is 0 Å². The second kappa shape index (κ2) is 7.44. The number of para-hydroxylation sites is 1. The first-order valence-electron chi connectivity index (χ1n) is 6.17. The summed E-state index contributed by atoms with van der Waals surface area (Å²) < 4.78 is 16.6. The Balaban J connectivity index is 2.28. The van der Waals surface area contributed by atoms with Crippen molar-refractivity contribution < 1.29 is 13.9 Å². The van der Waals surface area contributed by atoms with E-state index >= 15 is 0 Å². The third-order valence-corrected chi connectivity index (χ3v) is 3.54. The zero-order chi connectivity index (χ0) is 14.4. The first-order valence-corrected chi connectivity index (χ1v) is 6.97. The molecule has 0 aliphatic heterocycles. The minimum absolute atomic E-state index is 0.220. The maximum atomic E-state index is 5.73. The Bertz CT molecular complexity index is 545. The van der Waals surface area contributed by atoms with Crippen molar-refractivity contribution in [3.8, 4) is 5.75 Å². The summed E-state index contributed by atoms with van der Waals surface area (Å²) in [6, 6.07) is 9.37. The van der Waals surface area contributed by atoms with Gasteiger partial charge in [0.1, 0.15) is 12.4 Å². The summed E-state index contributed by atoms with van der Waals surface area (Å²) in [7, 11) is 1.64. The van der Waals surface area contributed by atoms with E-state index in [1.54, 1.807) is 13.4 Å². The number of methoxy groups -OCH3 is 1. The first-order chi connectivity index (χ1) is 9.77. The van der Waals surface area contributed by atoms with Crippen molar-refractivity contribution in [3.63, 3.8) is 0 Å². The zero-order valence-corrected chi connectivity index (χ0v) is 12.7. The zero-order valence-electron chi connectivity index (χ0n) is 11.1. The predicted molar refractivity (Wildman–Crippen MR) is 79.4 cm³/mol. The number of halogens is 1. The van der Waals surface area contributed by atoms with Gasteiger partial charge in [0.25, 0.3) is 0 Å². The fourth-order valence-electron chi connectivity index (χ4n) is 1.94. The number of rotatable bonds is 7. The van der Waals surface area contributed by atoms with Gasteiger partial charge in [-0.2, -0.15) is 0 Å². The summed E-state index contributed by atoms with van der Waals surface area (Å²) in [5.74, 6) is 6.46. The fraction of sp³-hybridized carbons (Fsp3) is 0.286. The quantitative estimate of drug-likeness (QED) is 0.460. The fourth-order valence-corrected chi connectivity index (χ4v) is 2.41. The van der Waals surface area contributed by atoms with Crippen molar-refractivity contribution in [1.82, 2.24) is 5.43 Å². The Morgan fingerprint density at radius 3 is 2.70 bits per heavy atom. The number of hydrazine groups is 1. The number of furan rings is 1. The Hall–Kier alpha value is -1.34. The molecule has 5 nitrogen and oxygen atoms in total. The molecule has 6 heteroatoms. The van der Waals surface area contributed by atoms with Gasteiger partial charge in [-0.3, -0.25) is 5.84 Å². The van der Waals surface area contributed by atoms with Crippen LogP contribution in [0.5, 0.6) is 5.75 Å². The Labute approximate surface area is 126 Å². The van der Waals surface area contributed by atoms with Gasteiger partial charge in [-0.05, 0) is 28.1 Å². The van der Waals surface area contributed by atoms with Crippen molar-refractivity contribution in [2.24, 2.45) is 5.84 Å². The molecule has 1 aromatic heterocycles. The third kappa shape index (κ3) is 3.40. The standard InChI is InChI=1S/C14H17BrN2O3/c1-18-8-9-19-12-5-3-2-4-10(12)13(17-16)11-6-7-20-14(11)15/h2-7,13,17H,8-9,16H2,1H3. The summed E-state index contributed by atoms with van der Waals surface area (Å²) >= 11 is 3.37. The van der Waals surface area contributed by atoms with Crippen LogP contribution in [-0.2, 0) is 4.74 Å². The van der Waals surface area contributed by atoms with Crippen LogP contribution in [0.2, 0.25) is 0 Å². The van der Waals surface area contributed by atoms with Crippen molar-refractivity contribution >= 4 is 15.9 Å². The van der Waals surface area contributed by atoms with Gasteiger partial charge in [0.15, 0.2) is 4.67 Å². The molecule has 0 aliphatic rings. The number of hydrogen-bond donors (Lipinski definition) is 2. The molecule has 0 bridgehead atoms. The molecule has 2 rings (SSSR count). The lowest BCUT2D eigenvalue weighted by Crippen LogP contribution is -2.29. The second-order valence-corrected chi connectivity index (χ2v) is 4.85. The van der Waals surface area contributed by atoms with E-state index in [9.17, 15) is 0 Å². The van der Waals surface area contributed by atoms with Crippen molar-refractivity contribution in [3.05, 3.63) is 52.4 Å². The predicted octanol–water partition coefficient (Wildman–Crippen LogP) is 2.62. The lowest BCUT2D eigenvalue weighted by Gasteiger charge is -2.19. The molecule has 0 saturated heterocycles. The Morgan fingerprint density at radius 2 is 2.05 bits per heavy atom. The van der Waals surface area contributed by atoms with E-state index in [0.717, 1.165) is 16.9 Å². The SMILES string of the molecule is COCCOc1ccccc1C(NN)c1ccoc1Br. The van der Waals surface area contributed by atoms with E-state index in [-0.39, 0.29) is 6.04 Å². The Morgan fingerprint density at radius 1 is 1.25 bits per heavy atom. The van der Waals surface area contributed by atoms with Gasteiger partial charge in [0, 0.05) is 18.2 Å². The average molecular weight is 341 g/mol. The smallest absolute Gasteiger partial charge is 0.174 e.